The fourth-order valence-corrected chi connectivity index (χ4v) is 1.56. The summed E-state index contributed by atoms with van der Waals surface area (Å²) >= 11 is 0. The summed E-state index contributed by atoms with van der Waals surface area (Å²) in [5, 5.41) is 8.50. The van der Waals surface area contributed by atoms with Crippen LogP contribution in [0.1, 0.15) is 5.56 Å². The van der Waals surface area contributed by atoms with E-state index in [0.29, 0.717) is 11.5 Å². The van der Waals surface area contributed by atoms with E-state index in [4.69, 9.17) is 14.6 Å². The van der Waals surface area contributed by atoms with E-state index in [1.165, 1.54) is 0 Å². The average Bonchev–Trinajstić information content (AvgIpc) is 2.38. The molecule has 4 nitrogen and oxygen atoms in total. The van der Waals surface area contributed by atoms with Crippen molar-refractivity contribution < 1.29 is 19.4 Å². The molecule has 0 aromatic heterocycles. The first-order valence-corrected chi connectivity index (χ1v) is 5.83. The number of hydrogen-bond donors (Lipinski definition) is 1. The topological polar surface area (TPSA) is 55.8 Å². The summed E-state index contributed by atoms with van der Waals surface area (Å²) in [6.45, 7) is 1.65. The van der Waals surface area contributed by atoms with E-state index in [1.54, 1.807) is 24.3 Å². The zero-order valence-corrected chi connectivity index (χ0v) is 10.5. The molecule has 0 atom stereocenters. The minimum atomic E-state index is -1.000. The van der Waals surface area contributed by atoms with Gasteiger partial charge in [-0.05, 0) is 48.9 Å². The predicted molar refractivity (Wildman–Crippen MR) is 70.8 cm³/mol. The van der Waals surface area contributed by atoms with E-state index in [-0.39, 0.29) is 6.61 Å². The molecule has 0 unspecified atom stereocenters. The van der Waals surface area contributed by atoms with Gasteiger partial charge in [0.2, 0.25) is 0 Å². The van der Waals surface area contributed by atoms with Crippen molar-refractivity contribution in [3.8, 4) is 17.2 Å². The summed E-state index contributed by atoms with van der Waals surface area (Å²) in [5.74, 6) is 0.937. The summed E-state index contributed by atoms with van der Waals surface area (Å²) in [7, 11) is 0. The zero-order valence-electron chi connectivity index (χ0n) is 10.5. The summed E-state index contributed by atoms with van der Waals surface area (Å²) in [4.78, 5) is 10.4. The molecule has 0 aliphatic carbocycles. The Morgan fingerprint density at radius 2 is 1.74 bits per heavy atom. The first-order chi connectivity index (χ1) is 9.13. The number of ether oxygens (including phenoxy) is 2. The lowest BCUT2D eigenvalue weighted by Gasteiger charge is -2.07. The van der Waals surface area contributed by atoms with Crippen LogP contribution in [0.3, 0.4) is 0 Å². The molecule has 4 heteroatoms. The number of benzene rings is 2. The first-order valence-electron chi connectivity index (χ1n) is 5.83. The van der Waals surface area contributed by atoms with E-state index in [1.807, 2.05) is 31.2 Å². The Balaban J connectivity index is 2.00. The Labute approximate surface area is 111 Å². The highest BCUT2D eigenvalue weighted by Crippen LogP contribution is 2.24. The van der Waals surface area contributed by atoms with Crippen LogP contribution in [0.5, 0.6) is 17.2 Å². The van der Waals surface area contributed by atoms with E-state index in [0.717, 1.165) is 11.3 Å². The molecular weight excluding hydrogens is 244 g/mol. The van der Waals surface area contributed by atoms with Crippen molar-refractivity contribution in [3.63, 3.8) is 0 Å². The maximum atomic E-state index is 10.4. The molecule has 2 aromatic rings. The Bertz CT molecular complexity index is 561. The molecular formula is C15H14O4. The highest BCUT2D eigenvalue weighted by molar-refractivity contribution is 5.68. The van der Waals surface area contributed by atoms with E-state index < -0.39 is 5.97 Å². The second-order valence-electron chi connectivity index (χ2n) is 4.07. The van der Waals surface area contributed by atoms with Crippen molar-refractivity contribution in [2.24, 2.45) is 0 Å². The predicted octanol–water partition coefficient (Wildman–Crippen LogP) is 3.25. The molecule has 0 fully saturated rings. The Kier molecular flexibility index (Phi) is 4.03. The van der Waals surface area contributed by atoms with Gasteiger partial charge < -0.3 is 14.6 Å². The third-order valence-corrected chi connectivity index (χ3v) is 2.41. The molecule has 19 heavy (non-hydrogen) atoms. The van der Waals surface area contributed by atoms with Gasteiger partial charge in [0.1, 0.15) is 17.2 Å². The van der Waals surface area contributed by atoms with E-state index in [9.17, 15) is 4.79 Å². The molecule has 1 N–H and O–H groups in total. The van der Waals surface area contributed by atoms with Gasteiger partial charge in [-0.15, -0.1) is 0 Å². The highest BCUT2D eigenvalue weighted by Gasteiger charge is 2.01. The fraction of sp³-hybridized carbons (Fsp3) is 0.133. The number of carboxylic acids is 1. The number of rotatable bonds is 5. The van der Waals surface area contributed by atoms with E-state index in [2.05, 4.69) is 0 Å². The fourth-order valence-electron chi connectivity index (χ4n) is 1.56. The van der Waals surface area contributed by atoms with Crippen molar-refractivity contribution >= 4 is 5.97 Å². The SMILES string of the molecule is Cc1cccc(Oc2ccc(OCC(=O)O)cc2)c1. The van der Waals surface area contributed by atoms with Crippen LogP contribution < -0.4 is 9.47 Å². The molecule has 0 radical (unpaired) electrons. The third-order valence-electron chi connectivity index (χ3n) is 2.41. The second kappa shape index (κ2) is 5.91. The van der Waals surface area contributed by atoms with Gasteiger partial charge >= 0.3 is 5.97 Å². The number of hydrogen-bond acceptors (Lipinski definition) is 3. The van der Waals surface area contributed by atoms with Gasteiger partial charge in [0, 0.05) is 0 Å². The molecule has 0 aliphatic heterocycles. The molecule has 0 saturated carbocycles. The zero-order chi connectivity index (χ0) is 13.7. The minimum Gasteiger partial charge on any atom is -0.482 e. The van der Waals surface area contributed by atoms with Gasteiger partial charge in [0.05, 0.1) is 0 Å². The molecule has 2 aromatic carbocycles. The molecule has 2 rings (SSSR count). The average molecular weight is 258 g/mol. The van der Waals surface area contributed by atoms with Crippen LogP contribution in [0.2, 0.25) is 0 Å². The van der Waals surface area contributed by atoms with Gasteiger partial charge in [-0.1, -0.05) is 12.1 Å². The van der Waals surface area contributed by atoms with Gasteiger partial charge in [-0.3, -0.25) is 0 Å². The summed E-state index contributed by atoms with van der Waals surface area (Å²) in [6, 6.07) is 14.6. The smallest absolute Gasteiger partial charge is 0.341 e. The van der Waals surface area contributed by atoms with Crippen LogP contribution in [-0.2, 0) is 4.79 Å². The van der Waals surface area contributed by atoms with Crippen molar-refractivity contribution in [1.29, 1.82) is 0 Å². The minimum absolute atomic E-state index is 0.349. The lowest BCUT2D eigenvalue weighted by Crippen LogP contribution is -2.09. The second-order valence-corrected chi connectivity index (χ2v) is 4.07. The number of aryl methyl sites for hydroxylation is 1. The monoisotopic (exact) mass is 258 g/mol. The summed E-state index contributed by atoms with van der Waals surface area (Å²) in [5.41, 5.74) is 1.12. The van der Waals surface area contributed by atoms with Crippen molar-refractivity contribution in [2.45, 2.75) is 6.92 Å². The van der Waals surface area contributed by atoms with Crippen LogP contribution in [0, 0.1) is 6.92 Å². The molecule has 0 saturated heterocycles. The molecule has 98 valence electrons. The third kappa shape index (κ3) is 4.03. The number of aliphatic carboxylic acids is 1. The Morgan fingerprint density at radius 3 is 2.37 bits per heavy atom. The maximum Gasteiger partial charge on any atom is 0.341 e. The van der Waals surface area contributed by atoms with E-state index >= 15 is 0 Å². The normalized spacial score (nSPS) is 9.95. The Morgan fingerprint density at radius 1 is 1.05 bits per heavy atom. The molecule has 0 heterocycles. The highest BCUT2D eigenvalue weighted by atomic mass is 16.5. The Hall–Kier alpha value is -2.49. The van der Waals surface area contributed by atoms with Crippen molar-refractivity contribution in [1.82, 2.24) is 0 Å². The maximum absolute atomic E-state index is 10.4. The van der Waals surface area contributed by atoms with Crippen LogP contribution in [0.25, 0.3) is 0 Å². The molecule has 0 aliphatic rings. The van der Waals surface area contributed by atoms with Gasteiger partial charge in [-0.25, -0.2) is 4.79 Å². The van der Waals surface area contributed by atoms with Crippen LogP contribution >= 0.6 is 0 Å². The van der Waals surface area contributed by atoms with Gasteiger partial charge in [0.15, 0.2) is 6.61 Å². The van der Waals surface area contributed by atoms with Crippen LogP contribution in [0.15, 0.2) is 48.5 Å². The van der Waals surface area contributed by atoms with Crippen molar-refractivity contribution in [2.75, 3.05) is 6.61 Å². The number of carboxylic acid groups (broad SMARTS) is 1. The largest absolute Gasteiger partial charge is 0.482 e. The molecule has 0 bridgehead atoms. The van der Waals surface area contributed by atoms with Gasteiger partial charge in [-0.2, -0.15) is 0 Å². The molecule has 0 spiro atoms. The summed E-state index contributed by atoms with van der Waals surface area (Å²) < 4.78 is 10.7. The lowest BCUT2D eigenvalue weighted by molar-refractivity contribution is -0.139. The quantitative estimate of drug-likeness (QED) is 0.894. The van der Waals surface area contributed by atoms with Crippen LogP contribution in [0.4, 0.5) is 0 Å². The molecule has 0 amide bonds. The van der Waals surface area contributed by atoms with Gasteiger partial charge in [0.25, 0.3) is 0 Å². The summed E-state index contributed by atoms with van der Waals surface area (Å²) in [6.07, 6.45) is 0. The first kappa shape index (κ1) is 13.0. The van der Waals surface area contributed by atoms with Crippen LogP contribution in [-0.4, -0.2) is 17.7 Å². The van der Waals surface area contributed by atoms with Crippen molar-refractivity contribution in [3.05, 3.63) is 54.1 Å². The number of carbonyl (C=O) groups is 1. The lowest BCUT2D eigenvalue weighted by atomic mass is 10.2. The standard InChI is InChI=1S/C15H14O4/c1-11-3-2-4-14(9-11)19-13-7-5-12(6-8-13)18-10-15(16)17/h2-9H,10H2,1H3,(H,16,17).